The van der Waals surface area contributed by atoms with E-state index < -0.39 is 5.91 Å². The Hall–Kier alpha value is -2.40. The van der Waals surface area contributed by atoms with Crippen molar-refractivity contribution in [3.63, 3.8) is 0 Å². The first-order valence-corrected chi connectivity index (χ1v) is 6.13. The highest BCUT2D eigenvalue weighted by atomic mass is 35.5. The average molecular weight is 293 g/mol. The van der Waals surface area contributed by atoms with Crippen LogP contribution in [0, 0.1) is 0 Å². The summed E-state index contributed by atoms with van der Waals surface area (Å²) in [7, 11) is 1.41. The van der Waals surface area contributed by atoms with Crippen LogP contribution in [0.25, 0.3) is 0 Å². The largest absolute Gasteiger partial charge is 0.504 e. The van der Waals surface area contributed by atoms with Gasteiger partial charge < -0.3 is 20.9 Å². The molecule has 0 aromatic heterocycles. The van der Waals surface area contributed by atoms with Gasteiger partial charge in [0, 0.05) is 5.02 Å². The van der Waals surface area contributed by atoms with Crippen LogP contribution >= 0.6 is 11.6 Å². The third-order valence-electron chi connectivity index (χ3n) is 2.73. The molecular formula is C14H13ClN2O3. The number of rotatable bonds is 3. The summed E-state index contributed by atoms with van der Waals surface area (Å²) in [5.74, 6) is -0.514. The van der Waals surface area contributed by atoms with Crippen molar-refractivity contribution < 1.29 is 14.6 Å². The quantitative estimate of drug-likeness (QED) is 0.759. The molecule has 1 amide bonds. The number of nitrogen functional groups attached to an aromatic ring is 1. The maximum atomic E-state index is 12.1. The number of phenols is 1. The second kappa shape index (κ2) is 5.71. The molecule has 6 heteroatoms. The summed E-state index contributed by atoms with van der Waals surface area (Å²) in [6.45, 7) is 0. The first-order chi connectivity index (χ1) is 9.52. The van der Waals surface area contributed by atoms with E-state index in [1.165, 1.54) is 19.2 Å². The molecule has 0 aliphatic rings. The van der Waals surface area contributed by atoms with Crippen LogP contribution in [-0.2, 0) is 0 Å². The molecule has 104 valence electrons. The first kappa shape index (κ1) is 14.0. The summed E-state index contributed by atoms with van der Waals surface area (Å²) >= 11 is 5.85. The molecule has 0 aliphatic heterocycles. The molecule has 0 saturated heterocycles. The molecule has 0 radical (unpaired) electrons. The van der Waals surface area contributed by atoms with Gasteiger partial charge in [-0.3, -0.25) is 4.79 Å². The normalized spacial score (nSPS) is 10.1. The van der Waals surface area contributed by atoms with Gasteiger partial charge in [0.1, 0.15) is 0 Å². The van der Waals surface area contributed by atoms with Gasteiger partial charge in [0.05, 0.1) is 24.0 Å². The lowest BCUT2D eigenvalue weighted by Gasteiger charge is -2.11. The number of ether oxygens (including phenoxy) is 1. The minimum Gasteiger partial charge on any atom is -0.504 e. The number of nitrogens with two attached hydrogens (primary N) is 1. The summed E-state index contributed by atoms with van der Waals surface area (Å²) in [5, 5.41) is 13.0. The first-order valence-electron chi connectivity index (χ1n) is 5.75. The number of anilines is 2. The minimum atomic E-state index is -0.504. The van der Waals surface area contributed by atoms with Crippen LogP contribution in [0.1, 0.15) is 10.4 Å². The molecule has 0 unspecified atom stereocenters. The van der Waals surface area contributed by atoms with Crippen LogP contribution < -0.4 is 15.8 Å². The monoisotopic (exact) mass is 292 g/mol. The van der Waals surface area contributed by atoms with Crippen molar-refractivity contribution in [2.45, 2.75) is 0 Å². The van der Waals surface area contributed by atoms with Crippen LogP contribution in [0.5, 0.6) is 11.5 Å². The van der Waals surface area contributed by atoms with Gasteiger partial charge in [0.15, 0.2) is 11.5 Å². The Balaban J connectivity index is 2.31. The third-order valence-corrected chi connectivity index (χ3v) is 2.96. The molecule has 0 aliphatic carbocycles. The Morgan fingerprint density at radius 3 is 2.80 bits per heavy atom. The van der Waals surface area contributed by atoms with Crippen LogP contribution in [0.15, 0.2) is 36.4 Å². The lowest BCUT2D eigenvalue weighted by atomic mass is 10.1. The molecule has 2 aromatic rings. The van der Waals surface area contributed by atoms with Crippen molar-refractivity contribution in [1.29, 1.82) is 0 Å². The van der Waals surface area contributed by atoms with Crippen molar-refractivity contribution in [2.75, 3.05) is 18.2 Å². The van der Waals surface area contributed by atoms with Crippen molar-refractivity contribution in [3.05, 3.63) is 47.0 Å². The number of phenolic OH excluding ortho intramolecular Hbond substituents is 1. The number of hydrogen-bond donors (Lipinski definition) is 3. The van der Waals surface area contributed by atoms with E-state index in [9.17, 15) is 9.90 Å². The van der Waals surface area contributed by atoms with Gasteiger partial charge >= 0.3 is 0 Å². The highest BCUT2D eigenvalue weighted by Gasteiger charge is 2.15. The molecule has 0 spiro atoms. The number of halogens is 1. The Morgan fingerprint density at radius 1 is 1.35 bits per heavy atom. The van der Waals surface area contributed by atoms with Crippen LogP contribution in [-0.4, -0.2) is 18.1 Å². The molecule has 0 heterocycles. The van der Waals surface area contributed by atoms with Gasteiger partial charge in [-0.2, -0.15) is 0 Å². The summed E-state index contributed by atoms with van der Waals surface area (Å²) < 4.78 is 4.95. The summed E-state index contributed by atoms with van der Waals surface area (Å²) in [5.41, 5.74) is 6.60. The fraction of sp³-hybridized carbons (Fsp3) is 0.0714. The predicted molar refractivity (Wildman–Crippen MR) is 78.5 cm³/mol. The molecule has 0 bridgehead atoms. The fourth-order valence-corrected chi connectivity index (χ4v) is 1.87. The summed E-state index contributed by atoms with van der Waals surface area (Å²) in [6.07, 6.45) is 0. The van der Waals surface area contributed by atoms with Gasteiger partial charge in [-0.05, 0) is 30.3 Å². The molecule has 0 atom stereocenters. The SMILES string of the molecule is COc1cccc(C(=O)Nc2cc(Cl)ccc2N)c1O. The number of carbonyl (C=O) groups excluding carboxylic acids is 1. The summed E-state index contributed by atoms with van der Waals surface area (Å²) in [6, 6.07) is 9.38. The maximum absolute atomic E-state index is 12.1. The van der Waals surface area contributed by atoms with Crippen molar-refractivity contribution in [2.24, 2.45) is 0 Å². The van der Waals surface area contributed by atoms with E-state index in [4.69, 9.17) is 22.1 Å². The average Bonchev–Trinajstić information content (AvgIpc) is 2.43. The third kappa shape index (κ3) is 2.78. The number of nitrogens with one attached hydrogen (secondary N) is 1. The molecule has 0 fully saturated rings. The minimum absolute atomic E-state index is 0.0868. The molecular weight excluding hydrogens is 280 g/mol. The van der Waals surface area contributed by atoms with E-state index >= 15 is 0 Å². The van der Waals surface area contributed by atoms with E-state index in [0.29, 0.717) is 16.4 Å². The van der Waals surface area contributed by atoms with E-state index in [1.807, 2.05) is 0 Å². The highest BCUT2D eigenvalue weighted by molar-refractivity contribution is 6.31. The second-order valence-electron chi connectivity index (χ2n) is 4.04. The lowest BCUT2D eigenvalue weighted by Crippen LogP contribution is -2.13. The molecule has 0 saturated carbocycles. The molecule has 5 nitrogen and oxygen atoms in total. The number of aromatic hydroxyl groups is 1. The van der Waals surface area contributed by atoms with Crippen LogP contribution in [0.4, 0.5) is 11.4 Å². The van der Waals surface area contributed by atoms with Gasteiger partial charge in [-0.1, -0.05) is 17.7 Å². The van der Waals surface area contributed by atoms with Gasteiger partial charge in [-0.15, -0.1) is 0 Å². The zero-order valence-corrected chi connectivity index (χ0v) is 11.4. The Kier molecular flexibility index (Phi) is 4.00. The Bertz CT molecular complexity index is 659. The van der Waals surface area contributed by atoms with Gasteiger partial charge in [-0.25, -0.2) is 0 Å². The van der Waals surface area contributed by atoms with Crippen molar-refractivity contribution >= 4 is 28.9 Å². The van der Waals surface area contributed by atoms with Gasteiger partial charge in [0.25, 0.3) is 5.91 Å². The predicted octanol–water partition coefficient (Wildman–Crippen LogP) is 2.89. The van der Waals surface area contributed by atoms with Crippen LogP contribution in [0.3, 0.4) is 0 Å². The lowest BCUT2D eigenvalue weighted by molar-refractivity contribution is 0.102. The smallest absolute Gasteiger partial charge is 0.259 e. The highest BCUT2D eigenvalue weighted by Crippen LogP contribution is 2.30. The van der Waals surface area contributed by atoms with Crippen molar-refractivity contribution in [3.8, 4) is 11.5 Å². The fourth-order valence-electron chi connectivity index (χ4n) is 1.70. The van der Waals surface area contributed by atoms with E-state index in [-0.39, 0.29) is 17.1 Å². The number of carbonyl (C=O) groups is 1. The van der Waals surface area contributed by atoms with E-state index in [1.54, 1.807) is 24.3 Å². The number of amides is 1. The van der Waals surface area contributed by atoms with E-state index in [2.05, 4.69) is 5.32 Å². The molecule has 2 aromatic carbocycles. The molecule has 2 rings (SSSR count). The Labute approximate surface area is 120 Å². The molecule has 20 heavy (non-hydrogen) atoms. The zero-order chi connectivity index (χ0) is 14.7. The summed E-state index contributed by atoms with van der Waals surface area (Å²) in [4.78, 5) is 12.1. The number of benzene rings is 2. The zero-order valence-electron chi connectivity index (χ0n) is 10.7. The number of para-hydroxylation sites is 1. The second-order valence-corrected chi connectivity index (χ2v) is 4.48. The van der Waals surface area contributed by atoms with Crippen molar-refractivity contribution in [1.82, 2.24) is 0 Å². The van der Waals surface area contributed by atoms with E-state index in [0.717, 1.165) is 0 Å². The maximum Gasteiger partial charge on any atom is 0.259 e. The Morgan fingerprint density at radius 2 is 2.10 bits per heavy atom. The molecule has 4 N–H and O–H groups in total. The van der Waals surface area contributed by atoms with Gasteiger partial charge in [0.2, 0.25) is 0 Å². The standard InChI is InChI=1S/C14H13ClN2O3/c1-20-12-4-2-3-9(13(12)18)14(19)17-11-7-8(15)5-6-10(11)16/h2-7,18H,16H2,1H3,(H,17,19). The number of hydrogen-bond acceptors (Lipinski definition) is 4. The topological polar surface area (TPSA) is 84.6 Å². The number of methoxy groups -OCH3 is 1. The van der Waals surface area contributed by atoms with Crippen LogP contribution in [0.2, 0.25) is 5.02 Å².